The number of aromatic nitrogens is 2. The van der Waals surface area contributed by atoms with Crippen LogP contribution >= 0.6 is 0 Å². The highest BCUT2D eigenvalue weighted by Crippen LogP contribution is 2.05. The number of carbonyl (C=O) groups excluding carboxylic acids is 1. The molecule has 0 aliphatic heterocycles. The van der Waals surface area contributed by atoms with Crippen molar-refractivity contribution in [1.82, 2.24) is 15.1 Å². The number of hydrogen-bond donors (Lipinski definition) is 2. The Balaban J connectivity index is 1.70. The Kier molecular flexibility index (Phi) is 5.30. The van der Waals surface area contributed by atoms with Gasteiger partial charge >= 0.3 is 5.97 Å². The number of amides is 1. The Hall–Kier alpha value is -2.63. The summed E-state index contributed by atoms with van der Waals surface area (Å²) in [6.07, 6.45) is 5.78. The van der Waals surface area contributed by atoms with E-state index in [-0.39, 0.29) is 17.9 Å². The fraction of sp³-hybridized carbons (Fsp3) is 0.312. The van der Waals surface area contributed by atoms with Gasteiger partial charge < -0.3 is 10.4 Å². The zero-order valence-electron chi connectivity index (χ0n) is 12.5. The summed E-state index contributed by atoms with van der Waals surface area (Å²) in [7, 11) is 1.88. The minimum Gasteiger partial charge on any atom is -0.478 e. The maximum Gasteiger partial charge on any atom is 0.335 e. The van der Waals surface area contributed by atoms with E-state index >= 15 is 0 Å². The molecule has 1 heterocycles. The highest BCUT2D eigenvalue weighted by atomic mass is 16.4. The number of carboxylic acids is 1. The van der Waals surface area contributed by atoms with Crippen molar-refractivity contribution in [1.29, 1.82) is 0 Å². The van der Waals surface area contributed by atoms with Crippen LogP contribution in [-0.4, -0.2) is 33.3 Å². The summed E-state index contributed by atoms with van der Waals surface area (Å²) in [5, 5.41) is 15.8. The van der Waals surface area contributed by atoms with Gasteiger partial charge in [0.2, 0.25) is 5.91 Å². The number of carboxylic acid groups (broad SMARTS) is 1. The Morgan fingerprint density at radius 2 is 1.95 bits per heavy atom. The van der Waals surface area contributed by atoms with E-state index in [2.05, 4.69) is 10.4 Å². The van der Waals surface area contributed by atoms with Gasteiger partial charge in [0, 0.05) is 19.8 Å². The summed E-state index contributed by atoms with van der Waals surface area (Å²) >= 11 is 0. The number of benzene rings is 1. The number of aromatic carboxylic acids is 1. The standard InChI is InChI=1S/C16H19N3O3/c1-19-11-13(10-18-19)3-2-8-17-15(20)9-12-4-6-14(7-5-12)16(21)22/h4-7,10-11H,2-3,8-9H2,1H3,(H,17,20)(H,21,22). The molecule has 1 aromatic carbocycles. The monoisotopic (exact) mass is 301 g/mol. The average molecular weight is 301 g/mol. The first-order valence-corrected chi connectivity index (χ1v) is 7.11. The molecule has 0 fully saturated rings. The molecule has 22 heavy (non-hydrogen) atoms. The first-order valence-electron chi connectivity index (χ1n) is 7.11. The molecule has 6 heteroatoms. The predicted octanol–water partition coefficient (Wildman–Crippen LogP) is 1.41. The second kappa shape index (κ2) is 7.40. The summed E-state index contributed by atoms with van der Waals surface area (Å²) < 4.78 is 1.76. The van der Waals surface area contributed by atoms with Crippen LogP contribution in [0, 0.1) is 0 Å². The van der Waals surface area contributed by atoms with Crippen molar-refractivity contribution in [2.75, 3.05) is 6.54 Å². The second-order valence-corrected chi connectivity index (χ2v) is 5.15. The summed E-state index contributed by atoms with van der Waals surface area (Å²) in [5.74, 6) is -1.03. The average Bonchev–Trinajstić information content (AvgIpc) is 2.90. The van der Waals surface area contributed by atoms with Crippen LogP contribution in [0.5, 0.6) is 0 Å². The van der Waals surface area contributed by atoms with E-state index < -0.39 is 5.97 Å². The van der Waals surface area contributed by atoms with Crippen LogP contribution in [0.1, 0.15) is 27.9 Å². The van der Waals surface area contributed by atoms with Gasteiger partial charge in [-0.2, -0.15) is 5.10 Å². The second-order valence-electron chi connectivity index (χ2n) is 5.15. The lowest BCUT2D eigenvalue weighted by Gasteiger charge is -2.05. The summed E-state index contributed by atoms with van der Waals surface area (Å²) in [4.78, 5) is 22.5. The van der Waals surface area contributed by atoms with E-state index in [4.69, 9.17) is 5.11 Å². The quantitative estimate of drug-likeness (QED) is 0.757. The lowest BCUT2D eigenvalue weighted by Crippen LogP contribution is -2.26. The van der Waals surface area contributed by atoms with Crippen molar-refractivity contribution in [2.24, 2.45) is 7.05 Å². The van der Waals surface area contributed by atoms with Gasteiger partial charge in [-0.05, 0) is 36.1 Å². The van der Waals surface area contributed by atoms with E-state index in [9.17, 15) is 9.59 Å². The van der Waals surface area contributed by atoms with Crippen molar-refractivity contribution < 1.29 is 14.7 Å². The number of carbonyl (C=O) groups is 2. The molecule has 0 atom stereocenters. The predicted molar refractivity (Wildman–Crippen MR) is 81.6 cm³/mol. The van der Waals surface area contributed by atoms with Gasteiger partial charge in [0.15, 0.2) is 0 Å². The summed E-state index contributed by atoms with van der Waals surface area (Å²) in [6, 6.07) is 6.35. The van der Waals surface area contributed by atoms with Crippen molar-refractivity contribution >= 4 is 11.9 Å². The van der Waals surface area contributed by atoms with E-state index in [1.54, 1.807) is 16.8 Å². The first kappa shape index (κ1) is 15.8. The number of nitrogens with zero attached hydrogens (tertiary/aromatic N) is 2. The highest BCUT2D eigenvalue weighted by Gasteiger charge is 2.05. The van der Waals surface area contributed by atoms with Gasteiger partial charge in [-0.15, -0.1) is 0 Å². The minimum atomic E-state index is -0.966. The lowest BCUT2D eigenvalue weighted by molar-refractivity contribution is -0.120. The van der Waals surface area contributed by atoms with Gasteiger partial charge in [-0.1, -0.05) is 12.1 Å². The van der Waals surface area contributed by atoms with Crippen LogP contribution in [0.15, 0.2) is 36.7 Å². The largest absolute Gasteiger partial charge is 0.478 e. The first-order chi connectivity index (χ1) is 10.5. The number of rotatable bonds is 7. The normalized spacial score (nSPS) is 10.4. The Labute approximate surface area is 128 Å². The molecule has 1 aromatic heterocycles. The molecular formula is C16H19N3O3. The summed E-state index contributed by atoms with van der Waals surface area (Å²) in [6.45, 7) is 0.612. The topological polar surface area (TPSA) is 84.2 Å². The van der Waals surface area contributed by atoms with Crippen LogP contribution in [0.3, 0.4) is 0 Å². The maximum absolute atomic E-state index is 11.8. The third-order valence-electron chi connectivity index (χ3n) is 3.29. The molecule has 2 N–H and O–H groups in total. The molecule has 116 valence electrons. The van der Waals surface area contributed by atoms with Crippen molar-refractivity contribution in [2.45, 2.75) is 19.3 Å². The maximum atomic E-state index is 11.8. The molecule has 0 saturated carbocycles. The molecule has 0 spiro atoms. The van der Waals surface area contributed by atoms with E-state index in [0.717, 1.165) is 24.0 Å². The fourth-order valence-corrected chi connectivity index (χ4v) is 2.13. The minimum absolute atomic E-state index is 0.0609. The number of aryl methyl sites for hydroxylation is 2. The van der Waals surface area contributed by atoms with Gasteiger partial charge in [-0.3, -0.25) is 9.48 Å². The van der Waals surface area contributed by atoms with E-state index in [1.807, 2.05) is 19.4 Å². The van der Waals surface area contributed by atoms with Gasteiger partial charge in [-0.25, -0.2) is 4.79 Å². The molecule has 1 amide bonds. The smallest absolute Gasteiger partial charge is 0.335 e. The van der Waals surface area contributed by atoms with Crippen LogP contribution in [0.25, 0.3) is 0 Å². The molecule has 0 unspecified atom stereocenters. The van der Waals surface area contributed by atoms with Crippen molar-refractivity contribution in [3.8, 4) is 0 Å². The third-order valence-corrected chi connectivity index (χ3v) is 3.29. The number of nitrogens with one attached hydrogen (secondary N) is 1. The lowest BCUT2D eigenvalue weighted by atomic mass is 10.1. The van der Waals surface area contributed by atoms with Gasteiger partial charge in [0.1, 0.15) is 0 Å². The molecule has 0 aliphatic carbocycles. The van der Waals surface area contributed by atoms with E-state index in [1.165, 1.54) is 12.1 Å². The highest BCUT2D eigenvalue weighted by molar-refractivity contribution is 5.87. The molecule has 2 aromatic rings. The van der Waals surface area contributed by atoms with Crippen molar-refractivity contribution in [3.05, 3.63) is 53.3 Å². The molecule has 0 bridgehead atoms. The molecule has 6 nitrogen and oxygen atoms in total. The third kappa shape index (κ3) is 4.73. The Morgan fingerprint density at radius 1 is 1.23 bits per heavy atom. The molecule has 2 rings (SSSR count). The van der Waals surface area contributed by atoms with Gasteiger partial charge in [0.25, 0.3) is 0 Å². The van der Waals surface area contributed by atoms with Crippen molar-refractivity contribution in [3.63, 3.8) is 0 Å². The van der Waals surface area contributed by atoms with Crippen LogP contribution in [-0.2, 0) is 24.7 Å². The van der Waals surface area contributed by atoms with Gasteiger partial charge in [0.05, 0.1) is 18.2 Å². The summed E-state index contributed by atoms with van der Waals surface area (Å²) in [5.41, 5.74) is 2.18. The number of hydrogen-bond acceptors (Lipinski definition) is 3. The Bertz CT molecular complexity index is 647. The van der Waals surface area contributed by atoms with Crippen LogP contribution < -0.4 is 5.32 Å². The van der Waals surface area contributed by atoms with Crippen LogP contribution in [0.2, 0.25) is 0 Å². The van der Waals surface area contributed by atoms with E-state index in [0.29, 0.717) is 6.54 Å². The Morgan fingerprint density at radius 3 is 2.55 bits per heavy atom. The zero-order chi connectivity index (χ0) is 15.9. The SMILES string of the molecule is Cn1cc(CCCNC(=O)Cc2ccc(C(=O)O)cc2)cn1. The zero-order valence-corrected chi connectivity index (χ0v) is 12.5. The fourth-order valence-electron chi connectivity index (χ4n) is 2.13. The molecule has 0 saturated heterocycles. The molecule has 0 aliphatic rings. The van der Waals surface area contributed by atoms with Crippen LogP contribution in [0.4, 0.5) is 0 Å². The molecular weight excluding hydrogens is 282 g/mol. The molecule has 0 radical (unpaired) electrons.